The molecule has 0 bridgehead atoms. The van der Waals surface area contributed by atoms with Gasteiger partial charge in [0.25, 0.3) is 0 Å². The number of amides is 1. The van der Waals surface area contributed by atoms with Gasteiger partial charge in [0.2, 0.25) is 5.91 Å². The van der Waals surface area contributed by atoms with Crippen LogP contribution in [0.5, 0.6) is 0 Å². The molecule has 0 radical (unpaired) electrons. The standard InChI is InChI=1S/C14H18FNO3/c1-9(2)6-13(17)16-12(14(18)19)8-10-4-3-5-11(15)7-10/h3-5,7,9,12H,6,8H2,1-2H3,(H,16,17)(H,18,19)/t12-/m1/s1. The highest BCUT2D eigenvalue weighted by atomic mass is 19.1. The van der Waals surface area contributed by atoms with Crippen LogP contribution in [0.3, 0.4) is 0 Å². The van der Waals surface area contributed by atoms with Gasteiger partial charge < -0.3 is 10.4 Å². The summed E-state index contributed by atoms with van der Waals surface area (Å²) in [5.74, 6) is -1.70. The smallest absolute Gasteiger partial charge is 0.326 e. The molecule has 1 amide bonds. The zero-order chi connectivity index (χ0) is 14.4. The summed E-state index contributed by atoms with van der Waals surface area (Å²) in [6.07, 6.45) is 0.337. The molecule has 1 aromatic carbocycles. The molecule has 0 spiro atoms. The van der Waals surface area contributed by atoms with Gasteiger partial charge in [-0.25, -0.2) is 9.18 Å². The van der Waals surface area contributed by atoms with Crippen molar-refractivity contribution >= 4 is 11.9 Å². The number of carbonyl (C=O) groups is 2. The van der Waals surface area contributed by atoms with Crippen LogP contribution in [0.25, 0.3) is 0 Å². The van der Waals surface area contributed by atoms with E-state index in [4.69, 9.17) is 5.11 Å². The van der Waals surface area contributed by atoms with Crippen molar-refractivity contribution in [3.05, 3.63) is 35.6 Å². The number of rotatable bonds is 6. The summed E-state index contributed by atoms with van der Waals surface area (Å²) in [5.41, 5.74) is 0.539. The van der Waals surface area contributed by atoms with E-state index < -0.39 is 17.8 Å². The van der Waals surface area contributed by atoms with Gasteiger partial charge in [-0.15, -0.1) is 0 Å². The molecule has 0 aliphatic carbocycles. The Morgan fingerprint density at radius 1 is 1.37 bits per heavy atom. The molecule has 0 saturated heterocycles. The lowest BCUT2D eigenvalue weighted by Crippen LogP contribution is -2.42. The Bertz CT molecular complexity index is 460. The number of hydrogen-bond acceptors (Lipinski definition) is 2. The molecule has 0 fully saturated rings. The quantitative estimate of drug-likeness (QED) is 0.828. The molecule has 0 aromatic heterocycles. The highest BCUT2D eigenvalue weighted by molar-refractivity contribution is 5.83. The maximum Gasteiger partial charge on any atom is 0.326 e. The maximum absolute atomic E-state index is 13.0. The summed E-state index contributed by atoms with van der Waals surface area (Å²) in [4.78, 5) is 22.7. The first-order valence-electron chi connectivity index (χ1n) is 6.15. The van der Waals surface area contributed by atoms with Crippen LogP contribution in [0.15, 0.2) is 24.3 Å². The largest absolute Gasteiger partial charge is 0.480 e. The zero-order valence-electron chi connectivity index (χ0n) is 11.0. The minimum absolute atomic E-state index is 0.0664. The predicted molar refractivity (Wildman–Crippen MR) is 69.1 cm³/mol. The third-order valence-corrected chi connectivity index (χ3v) is 2.56. The molecule has 1 aromatic rings. The molecule has 0 aliphatic rings. The van der Waals surface area contributed by atoms with Gasteiger partial charge in [0.1, 0.15) is 11.9 Å². The van der Waals surface area contributed by atoms with E-state index in [1.165, 1.54) is 18.2 Å². The number of carboxylic acids is 1. The van der Waals surface area contributed by atoms with Gasteiger partial charge in [0.15, 0.2) is 0 Å². The van der Waals surface area contributed by atoms with Crippen molar-refractivity contribution in [2.75, 3.05) is 0 Å². The first-order chi connectivity index (χ1) is 8.88. The SMILES string of the molecule is CC(C)CC(=O)N[C@H](Cc1cccc(F)c1)C(=O)O. The molecule has 5 heteroatoms. The van der Waals surface area contributed by atoms with E-state index in [9.17, 15) is 14.0 Å². The summed E-state index contributed by atoms with van der Waals surface area (Å²) < 4.78 is 13.0. The van der Waals surface area contributed by atoms with Gasteiger partial charge in [-0.3, -0.25) is 4.79 Å². The monoisotopic (exact) mass is 267 g/mol. The van der Waals surface area contributed by atoms with E-state index in [2.05, 4.69) is 5.32 Å². The number of halogens is 1. The van der Waals surface area contributed by atoms with Crippen LogP contribution in [0, 0.1) is 11.7 Å². The van der Waals surface area contributed by atoms with Crippen molar-refractivity contribution in [1.82, 2.24) is 5.32 Å². The second-order valence-corrected chi connectivity index (χ2v) is 4.89. The maximum atomic E-state index is 13.0. The van der Waals surface area contributed by atoms with Crippen molar-refractivity contribution in [2.24, 2.45) is 5.92 Å². The molecule has 0 saturated carbocycles. The number of carbonyl (C=O) groups excluding carboxylic acids is 1. The Morgan fingerprint density at radius 2 is 2.05 bits per heavy atom. The molecule has 0 aliphatic heterocycles. The fourth-order valence-electron chi connectivity index (χ4n) is 1.72. The fraction of sp³-hybridized carbons (Fsp3) is 0.429. The summed E-state index contributed by atoms with van der Waals surface area (Å²) in [7, 11) is 0. The number of aliphatic carboxylic acids is 1. The highest BCUT2D eigenvalue weighted by Crippen LogP contribution is 2.08. The second-order valence-electron chi connectivity index (χ2n) is 4.89. The van der Waals surface area contributed by atoms with Gasteiger partial charge in [0.05, 0.1) is 0 Å². The zero-order valence-corrected chi connectivity index (χ0v) is 11.0. The lowest BCUT2D eigenvalue weighted by molar-refractivity contribution is -0.141. The minimum Gasteiger partial charge on any atom is -0.480 e. The van der Waals surface area contributed by atoms with Crippen LogP contribution in [0.2, 0.25) is 0 Å². The third-order valence-electron chi connectivity index (χ3n) is 2.56. The van der Waals surface area contributed by atoms with Crippen LogP contribution in [0.4, 0.5) is 4.39 Å². The van der Waals surface area contributed by atoms with Crippen LogP contribution < -0.4 is 5.32 Å². The Balaban J connectivity index is 2.68. The van der Waals surface area contributed by atoms with Crippen molar-refractivity contribution < 1.29 is 19.1 Å². The van der Waals surface area contributed by atoms with Gasteiger partial charge in [0, 0.05) is 12.8 Å². The van der Waals surface area contributed by atoms with Crippen molar-refractivity contribution in [2.45, 2.75) is 32.7 Å². The molecule has 1 atom stereocenters. The van der Waals surface area contributed by atoms with Crippen LogP contribution >= 0.6 is 0 Å². The average Bonchev–Trinajstić information content (AvgIpc) is 2.26. The molecule has 104 valence electrons. The summed E-state index contributed by atoms with van der Waals surface area (Å²) in [5, 5.41) is 11.5. The van der Waals surface area contributed by atoms with E-state index in [1.807, 2.05) is 13.8 Å². The molecular weight excluding hydrogens is 249 g/mol. The van der Waals surface area contributed by atoms with Crippen LogP contribution in [-0.4, -0.2) is 23.0 Å². The van der Waals surface area contributed by atoms with Crippen molar-refractivity contribution in [3.8, 4) is 0 Å². The lowest BCUT2D eigenvalue weighted by atomic mass is 10.0. The number of carboxylic acid groups (broad SMARTS) is 1. The van der Waals surface area contributed by atoms with Crippen LogP contribution in [-0.2, 0) is 16.0 Å². The number of benzene rings is 1. The number of nitrogens with one attached hydrogen (secondary N) is 1. The Kier molecular flexibility index (Phi) is 5.48. The lowest BCUT2D eigenvalue weighted by Gasteiger charge is -2.15. The molecule has 19 heavy (non-hydrogen) atoms. The van der Waals surface area contributed by atoms with Crippen LogP contribution in [0.1, 0.15) is 25.8 Å². The number of hydrogen-bond donors (Lipinski definition) is 2. The highest BCUT2D eigenvalue weighted by Gasteiger charge is 2.20. The van der Waals surface area contributed by atoms with Crippen molar-refractivity contribution in [3.63, 3.8) is 0 Å². The van der Waals surface area contributed by atoms with E-state index in [1.54, 1.807) is 6.07 Å². The first kappa shape index (κ1) is 15.1. The summed E-state index contributed by atoms with van der Waals surface area (Å²) >= 11 is 0. The third kappa shape index (κ3) is 5.50. The van der Waals surface area contributed by atoms with E-state index >= 15 is 0 Å². The molecule has 0 heterocycles. The minimum atomic E-state index is -1.12. The topological polar surface area (TPSA) is 66.4 Å². The Labute approximate surface area is 111 Å². The Morgan fingerprint density at radius 3 is 2.58 bits per heavy atom. The van der Waals surface area contributed by atoms with E-state index in [0.29, 0.717) is 5.56 Å². The molecule has 4 nitrogen and oxygen atoms in total. The molecule has 0 unspecified atom stereocenters. The van der Waals surface area contributed by atoms with Gasteiger partial charge in [-0.05, 0) is 23.6 Å². The Hall–Kier alpha value is -1.91. The van der Waals surface area contributed by atoms with Crippen molar-refractivity contribution in [1.29, 1.82) is 0 Å². The summed E-state index contributed by atoms with van der Waals surface area (Å²) in [6.45, 7) is 3.75. The fourth-order valence-corrected chi connectivity index (χ4v) is 1.72. The summed E-state index contributed by atoms with van der Waals surface area (Å²) in [6, 6.07) is 4.67. The van der Waals surface area contributed by atoms with Gasteiger partial charge in [-0.1, -0.05) is 26.0 Å². The predicted octanol–water partition coefficient (Wildman–Crippen LogP) is 1.98. The van der Waals surface area contributed by atoms with E-state index in [0.717, 1.165) is 0 Å². The van der Waals surface area contributed by atoms with Gasteiger partial charge in [-0.2, -0.15) is 0 Å². The molecular formula is C14H18FNO3. The normalized spacial score (nSPS) is 12.2. The first-order valence-corrected chi connectivity index (χ1v) is 6.15. The molecule has 1 rings (SSSR count). The van der Waals surface area contributed by atoms with Gasteiger partial charge >= 0.3 is 5.97 Å². The second kappa shape index (κ2) is 6.87. The van der Waals surface area contributed by atoms with E-state index in [-0.39, 0.29) is 24.7 Å². The molecule has 2 N–H and O–H groups in total. The average molecular weight is 267 g/mol.